The van der Waals surface area contributed by atoms with Gasteiger partial charge < -0.3 is 5.32 Å². The number of carbonyl (C=O) groups is 1. The summed E-state index contributed by atoms with van der Waals surface area (Å²) >= 11 is 6.19. The number of rotatable bonds is 5. The van der Waals surface area contributed by atoms with E-state index < -0.39 is 0 Å². The number of benzene rings is 1. The Kier molecular flexibility index (Phi) is 4.66. The summed E-state index contributed by atoms with van der Waals surface area (Å²) in [5, 5.41) is 12.0. The molecule has 4 aromatic rings. The Balaban J connectivity index is 1.51. The van der Waals surface area contributed by atoms with E-state index in [4.69, 9.17) is 11.6 Å². The van der Waals surface area contributed by atoms with Gasteiger partial charge in [-0.25, -0.2) is 9.67 Å². The van der Waals surface area contributed by atoms with E-state index in [1.165, 1.54) is 21.8 Å². The van der Waals surface area contributed by atoms with E-state index in [9.17, 15) is 9.59 Å². The van der Waals surface area contributed by atoms with Gasteiger partial charge in [-0.3, -0.25) is 18.8 Å². The molecule has 0 atom stereocenters. The van der Waals surface area contributed by atoms with Crippen molar-refractivity contribution >= 4 is 34.4 Å². The van der Waals surface area contributed by atoms with Crippen molar-refractivity contribution in [1.29, 1.82) is 0 Å². The molecule has 4 rings (SSSR count). The Labute approximate surface area is 164 Å². The van der Waals surface area contributed by atoms with Crippen LogP contribution in [0, 0.1) is 0 Å². The van der Waals surface area contributed by atoms with Crippen molar-refractivity contribution in [3.63, 3.8) is 0 Å². The van der Waals surface area contributed by atoms with E-state index >= 15 is 0 Å². The van der Waals surface area contributed by atoms with Crippen molar-refractivity contribution in [2.24, 2.45) is 7.05 Å². The number of anilines is 1. The fourth-order valence-electron chi connectivity index (χ4n) is 2.87. The van der Waals surface area contributed by atoms with Gasteiger partial charge in [-0.15, -0.1) is 0 Å². The third-order valence-corrected chi connectivity index (χ3v) is 4.66. The van der Waals surface area contributed by atoms with Crippen LogP contribution in [-0.2, 0) is 24.9 Å². The lowest BCUT2D eigenvalue weighted by Gasteiger charge is -2.11. The van der Waals surface area contributed by atoms with Crippen LogP contribution >= 0.6 is 11.6 Å². The lowest BCUT2D eigenvalue weighted by Crippen LogP contribution is -2.28. The second kappa shape index (κ2) is 7.28. The third-order valence-electron chi connectivity index (χ3n) is 4.29. The predicted molar refractivity (Wildman–Crippen MR) is 104 cm³/mol. The van der Waals surface area contributed by atoms with Gasteiger partial charge in [0.1, 0.15) is 24.1 Å². The summed E-state index contributed by atoms with van der Waals surface area (Å²) in [4.78, 5) is 29.1. The first-order valence-electron chi connectivity index (χ1n) is 8.45. The number of carbonyl (C=O) groups excluding carboxylic acids is 1. The van der Waals surface area contributed by atoms with E-state index in [0.717, 1.165) is 5.56 Å². The van der Waals surface area contributed by atoms with E-state index in [0.29, 0.717) is 28.4 Å². The second-order valence-electron chi connectivity index (χ2n) is 6.20. The summed E-state index contributed by atoms with van der Waals surface area (Å²) in [6.07, 6.45) is 4.37. The molecule has 10 heteroatoms. The van der Waals surface area contributed by atoms with Crippen LogP contribution in [-0.4, -0.2) is 35.0 Å². The standard InChI is InChI=1S/C18H16ClN7O2/c1-24-17-13(8-22-24)18(28)25(11-20-17)10-16(27)23-15-6-7-21-26(15)9-12-4-2-3-5-14(12)19/h2-8,11H,9-10H2,1H3,(H,23,27). The molecule has 1 N–H and O–H groups in total. The smallest absolute Gasteiger partial charge is 0.264 e. The first-order chi connectivity index (χ1) is 13.5. The molecule has 0 aliphatic heterocycles. The number of aryl methyl sites for hydroxylation is 1. The molecule has 0 radical (unpaired) electrons. The van der Waals surface area contributed by atoms with Gasteiger partial charge in [-0.05, 0) is 11.6 Å². The highest BCUT2D eigenvalue weighted by atomic mass is 35.5. The molecule has 0 saturated heterocycles. The van der Waals surface area contributed by atoms with Gasteiger partial charge in [0.15, 0.2) is 5.65 Å². The number of nitrogens with one attached hydrogen (secondary N) is 1. The van der Waals surface area contributed by atoms with Crippen LogP contribution in [0.5, 0.6) is 0 Å². The lowest BCUT2D eigenvalue weighted by molar-refractivity contribution is -0.116. The fourth-order valence-corrected chi connectivity index (χ4v) is 3.06. The van der Waals surface area contributed by atoms with E-state index in [1.54, 1.807) is 30.1 Å². The zero-order valence-electron chi connectivity index (χ0n) is 14.9. The first-order valence-corrected chi connectivity index (χ1v) is 8.83. The summed E-state index contributed by atoms with van der Waals surface area (Å²) < 4.78 is 4.38. The van der Waals surface area contributed by atoms with E-state index in [2.05, 4.69) is 20.5 Å². The predicted octanol–water partition coefficient (Wildman–Crippen LogP) is 1.67. The first kappa shape index (κ1) is 17.9. The fraction of sp³-hybridized carbons (Fsp3) is 0.167. The number of halogens is 1. The van der Waals surface area contributed by atoms with Crippen LogP contribution < -0.4 is 10.9 Å². The Morgan fingerprint density at radius 1 is 1.21 bits per heavy atom. The molecule has 0 aliphatic carbocycles. The van der Waals surface area contributed by atoms with Gasteiger partial charge in [0.05, 0.1) is 18.9 Å². The topological polar surface area (TPSA) is 99.6 Å². The minimum Gasteiger partial charge on any atom is -0.309 e. The minimum absolute atomic E-state index is 0.173. The zero-order chi connectivity index (χ0) is 19.7. The summed E-state index contributed by atoms with van der Waals surface area (Å²) in [6, 6.07) is 9.11. The molecule has 3 aromatic heterocycles. The average molecular weight is 398 g/mol. The van der Waals surface area contributed by atoms with Gasteiger partial charge in [-0.2, -0.15) is 10.2 Å². The number of hydrogen-bond donors (Lipinski definition) is 1. The summed E-state index contributed by atoms with van der Waals surface area (Å²) in [5.41, 5.74) is 1.03. The van der Waals surface area contributed by atoms with Gasteiger partial charge >= 0.3 is 0 Å². The monoisotopic (exact) mass is 397 g/mol. The van der Waals surface area contributed by atoms with Crippen LogP contribution in [0.3, 0.4) is 0 Å². The van der Waals surface area contributed by atoms with Crippen LogP contribution in [0.2, 0.25) is 5.02 Å². The van der Waals surface area contributed by atoms with Gasteiger partial charge in [0.2, 0.25) is 5.91 Å². The number of aromatic nitrogens is 6. The normalized spacial score (nSPS) is 11.1. The molecule has 142 valence electrons. The maximum absolute atomic E-state index is 12.5. The molecule has 0 unspecified atom stereocenters. The molecule has 9 nitrogen and oxygen atoms in total. The molecule has 0 bridgehead atoms. The van der Waals surface area contributed by atoms with Crippen molar-refractivity contribution in [1.82, 2.24) is 29.1 Å². The number of hydrogen-bond acceptors (Lipinski definition) is 5. The number of nitrogens with zero attached hydrogens (tertiary/aromatic N) is 6. The molecule has 0 saturated carbocycles. The number of amides is 1. The molecule has 0 spiro atoms. The van der Waals surface area contributed by atoms with Crippen molar-refractivity contribution in [3.8, 4) is 0 Å². The largest absolute Gasteiger partial charge is 0.309 e. The molecule has 1 aromatic carbocycles. The average Bonchev–Trinajstić information content (AvgIpc) is 3.26. The molecule has 3 heterocycles. The maximum Gasteiger partial charge on any atom is 0.264 e. The Morgan fingerprint density at radius 2 is 2.04 bits per heavy atom. The second-order valence-corrected chi connectivity index (χ2v) is 6.60. The van der Waals surface area contributed by atoms with Crippen molar-refractivity contribution in [2.45, 2.75) is 13.1 Å². The molecule has 1 amide bonds. The minimum atomic E-state index is -0.368. The number of fused-ring (bicyclic) bond motifs is 1. The lowest BCUT2D eigenvalue weighted by atomic mass is 10.2. The molecule has 0 aliphatic rings. The highest BCUT2D eigenvalue weighted by Gasteiger charge is 2.13. The molecule has 0 fully saturated rings. The summed E-state index contributed by atoms with van der Waals surface area (Å²) in [6.45, 7) is 0.235. The van der Waals surface area contributed by atoms with Crippen molar-refractivity contribution in [3.05, 3.63) is 70.0 Å². The van der Waals surface area contributed by atoms with Gasteiger partial charge in [-0.1, -0.05) is 29.8 Å². The van der Waals surface area contributed by atoms with Gasteiger partial charge in [0.25, 0.3) is 5.56 Å². The quantitative estimate of drug-likeness (QED) is 0.552. The van der Waals surface area contributed by atoms with Crippen LogP contribution in [0.1, 0.15) is 5.56 Å². The highest BCUT2D eigenvalue weighted by molar-refractivity contribution is 6.31. The maximum atomic E-state index is 12.5. The molecular weight excluding hydrogens is 382 g/mol. The van der Waals surface area contributed by atoms with Crippen LogP contribution in [0.25, 0.3) is 11.0 Å². The molecular formula is C18H16ClN7O2. The third kappa shape index (κ3) is 3.39. The van der Waals surface area contributed by atoms with Crippen LogP contribution in [0.15, 0.2) is 53.8 Å². The Morgan fingerprint density at radius 3 is 2.86 bits per heavy atom. The van der Waals surface area contributed by atoms with E-state index in [1.807, 2.05) is 18.2 Å². The molecule has 28 heavy (non-hydrogen) atoms. The van der Waals surface area contributed by atoms with Crippen LogP contribution in [0.4, 0.5) is 5.82 Å². The SMILES string of the molecule is Cn1ncc2c(=O)n(CC(=O)Nc3ccnn3Cc3ccccc3Cl)cnc21. The summed E-state index contributed by atoms with van der Waals surface area (Å²) in [7, 11) is 1.70. The Bertz CT molecular complexity index is 1220. The Hall–Kier alpha value is -3.46. The van der Waals surface area contributed by atoms with Crippen molar-refractivity contribution in [2.75, 3.05) is 5.32 Å². The van der Waals surface area contributed by atoms with Crippen molar-refractivity contribution < 1.29 is 4.79 Å². The zero-order valence-corrected chi connectivity index (χ0v) is 15.7. The van der Waals surface area contributed by atoms with E-state index in [-0.39, 0.29) is 18.0 Å². The highest BCUT2D eigenvalue weighted by Crippen LogP contribution is 2.18. The summed E-state index contributed by atoms with van der Waals surface area (Å²) in [5.74, 6) is 0.140. The van der Waals surface area contributed by atoms with Gasteiger partial charge in [0, 0.05) is 18.1 Å².